The summed E-state index contributed by atoms with van der Waals surface area (Å²) in [5.41, 5.74) is 4.96. The molecule has 5 aromatic rings. The summed E-state index contributed by atoms with van der Waals surface area (Å²) in [6.45, 7) is 6.85. The average Bonchev–Trinajstić information content (AvgIpc) is 3.00. The van der Waals surface area contributed by atoms with E-state index in [-0.39, 0.29) is 86.5 Å². The van der Waals surface area contributed by atoms with Crippen LogP contribution in [-0.4, -0.2) is 38.9 Å². The van der Waals surface area contributed by atoms with Crippen LogP contribution in [0.15, 0.2) is 112 Å². The fraction of sp³-hybridized carbons (Fsp3) is 0.135. The van der Waals surface area contributed by atoms with Crippen LogP contribution in [0, 0.1) is 27.7 Å². The second-order valence-corrected chi connectivity index (χ2v) is 16.0. The Labute approximate surface area is 343 Å². The first-order chi connectivity index (χ1) is 22.8. The molecule has 0 amide bonds. The van der Waals surface area contributed by atoms with Crippen LogP contribution >= 0.6 is 0 Å². The Balaban J connectivity index is 0.00000351. The standard InChI is InChI=1S/C37H34O9S3.2Na/c1-23-17-25(3)32(35(19-23)48(41,42)43)21-27-9-13-29(14-10-27)37(31-7-5-6-8-34(31)47(38,39)40)30-15-11-28(12-16-30)22-33-26(4)18-24(2)20-36(33)49(44,45)46;;/h5-21H,22H2,1-4H3,(H,38,39,40)(H,41,42,43)(H,44,45,46);;/q;2*+1/p-3. The number of hydrogen-bond acceptors (Lipinski definition) is 9. The van der Waals surface area contributed by atoms with Gasteiger partial charge in [-0.3, -0.25) is 0 Å². The van der Waals surface area contributed by atoms with Crippen LogP contribution in [0.4, 0.5) is 0 Å². The van der Waals surface area contributed by atoms with Crippen molar-refractivity contribution in [3.05, 3.63) is 158 Å². The van der Waals surface area contributed by atoms with Gasteiger partial charge in [-0.15, -0.1) is 0 Å². The molecule has 0 unspecified atom stereocenters. The maximum Gasteiger partial charge on any atom is 1.00 e. The van der Waals surface area contributed by atoms with E-state index in [0.29, 0.717) is 55.0 Å². The molecule has 9 nitrogen and oxygen atoms in total. The molecule has 0 saturated carbocycles. The van der Waals surface area contributed by atoms with Crippen molar-refractivity contribution in [1.29, 1.82) is 0 Å². The Kier molecular flexibility index (Phi) is 14.1. The van der Waals surface area contributed by atoms with Gasteiger partial charge in [-0.2, -0.15) is 0 Å². The summed E-state index contributed by atoms with van der Waals surface area (Å²) in [6, 6.07) is 25.7. The fourth-order valence-electron chi connectivity index (χ4n) is 6.01. The monoisotopic (exact) mass is 761 g/mol. The Bertz CT molecular complexity index is 2560. The molecule has 0 radical (unpaired) electrons. The molecule has 0 spiro atoms. The van der Waals surface area contributed by atoms with Crippen molar-refractivity contribution in [1.82, 2.24) is 0 Å². The number of hydrogen-bond donors (Lipinski definition) is 0. The number of benzene rings is 5. The molecule has 51 heavy (non-hydrogen) atoms. The zero-order valence-electron chi connectivity index (χ0n) is 28.9. The van der Waals surface area contributed by atoms with Gasteiger partial charge in [0.05, 0.1) is 14.7 Å². The van der Waals surface area contributed by atoms with Gasteiger partial charge in [0.25, 0.3) is 0 Å². The van der Waals surface area contributed by atoms with Gasteiger partial charge in [0.2, 0.25) is 0 Å². The first-order valence-electron chi connectivity index (χ1n) is 14.9. The molecule has 0 aliphatic rings. The minimum Gasteiger partial charge on any atom is -0.744 e. The number of rotatable bonds is 8. The zero-order valence-corrected chi connectivity index (χ0v) is 35.4. The van der Waals surface area contributed by atoms with Crippen molar-refractivity contribution >= 4 is 42.0 Å². The third-order valence-electron chi connectivity index (χ3n) is 8.17. The topological polar surface area (TPSA) is 172 Å². The SMILES string of the molecule is Cc1cc(C)c(C=c2ccc(=C(c3ccc(Cc4c(C)cc(C)cc4S(=O)(=O)[O-])cc3)c3ccccc3S(=O)(=O)[O-])cc2)c(S(=O)(=O)[O-])c1.[Na+].[Na+]. The predicted molar refractivity (Wildman–Crippen MR) is 182 cm³/mol. The minimum atomic E-state index is -4.90. The maximum absolute atomic E-state index is 12.3. The first-order valence-corrected chi connectivity index (χ1v) is 19.2. The van der Waals surface area contributed by atoms with Gasteiger partial charge >= 0.3 is 59.1 Å². The van der Waals surface area contributed by atoms with Crippen molar-refractivity contribution in [2.75, 3.05) is 0 Å². The van der Waals surface area contributed by atoms with Gasteiger partial charge in [-0.25, -0.2) is 25.3 Å². The summed E-state index contributed by atoms with van der Waals surface area (Å²) >= 11 is 0. The van der Waals surface area contributed by atoms with Gasteiger partial charge in [-0.1, -0.05) is 78.9 Å². The molecule has 0 aliphatic heterocycles. The molecule has 5 rings (SSSR count). The van der Waals surface area contributed by atoms with E-state index in [0.717, 1.165) is 0 Å². The smallest absolute Gasteiger partial charge is 0.744 e. The summed E-state index contributed by atoms with van der Waals surface area (Å²) in [6.07, 6.45) is 1.73. The fourth-order valence-corrected chi connectivity index (χ4v) is 8.38. The molecule has 5 aromatic carbocycles. The Morgan fingerprint density at radius 3 is 1.65 bits per heavy atom. The quantitative estimate of drug-likeness (QED) is 0.132. The van der Waals surface area contributed by atoms with E-state index in [4.69, 9.17) is 0 Å². The van der Waals surface area contributed by atoms with Crippen molar-refractivity contribution in [3.63, 3.8) is 0 Å². The van der Waals surface area contributed by atoms with Crippen molar-refractivity contribution < 1.29 is 98.0 Å². The summed E-state index contributed by atoms with van der Waals surface area (Å²) < 4.78 is 109. The van der Waals surface area contributed by atoms with E-state index < -0.39 is 35.2 Å². The summed E-state index contributed by atoms with van der Waals surface area (Å²) in [5.74, 6) is 0. The Morgan fingerprint density at radius 1 is 0.588 bits per heavy atom. The zero-order chi connectivity index (χ0) is 35.9. The van der Waals surface area contributed by atoms with E-state index in [9.17, 15) is 38.9 Å². The van der Waals surface area contributed by atoms with Crippen molar-refractivity contribution in [3.8, 4) is 0 Å². The van der Waals surface area contributed by atoms with E-state index in [1.807, 2.05) is 0 Å². The van der Waals surface area contributed by atoms with E-state index >= 15 is 0 Å². The molecular formula is C37H31Na2O9S3-. The molecule has 14 heteroatoms. The van der Waals surface area contributed by atoms with E-state index in [1.54, 1.807) is 101 Å². The summed E-state index contributed by atoms with van der Waals surface area (Å²) in [4.78, 5) is -1.05. The van der Waals surface area contributed by atoms with Crippen molar-refractivity contribution in [2.45, 2.75) is 48.8 Å². The maximum atomic E-state index is 12.3. The van der Waals surface area contributed by atoms with Gasteiger partial charge < -0.3 is 13.7 Å². The molecule has 0 fully saturated rings. The molecule has 0 bridgehead atoms. The van der Waals surface area contributed by atoms with Crippen LogP contribution in [-0.2, 0) is 36.8 Å². The van der Waals surface area contributed by atoms with Gasteiger partial charge in [-0.05, 0) is 119 Å². The summed E-state index contributed by atoms with van der Waals surface area (Å²) in [5, 5.41) is 1.10. The minimum absolute atomic E-state index is 0. The molecule has 0 aliphatic carbocycles. The third-order valence-corrected chi connectivity index (χ3v) is 10.8. The third kappa shape index (κ3) is 10.2. The van der Waals surface area contributed by atoms with E-state index in [1.165, 1.54) is 30.3 Å². The van der Waals surface area contributed by atoms with Crippen LogP contribution in [0.2, 0.25) is 0 Å². The van der Waals surface area contributed by atoms with Crippen LogP contribution < -0.4 is 69.6 Å². The van der Waals surface area contributed by atoms with Crippen LogP contribution in [0.1, 0.15) is 50.1 Å². The summed E-state index contributed by atoms with van der Waals surface area (Å²) in [7, 11) is -14.4. The normalized spacial score (nSPS) is 11.7. The second-order valence-electron chi connectivity index (χ2n) is 11.9. The molecule has 0 saturated heterocycles. The predicted octanol–water partition coefficient (Wildman–Crippen LogP) is -1.69. The van der Waals surface area contributed by atoms with Gasteiger partial charge in [0.15, 0.2) is 0 Å². The molecule has 0 heterocycles. The van der Waals surface area contributed by atoms with Crippen LogP contribution in [0.25, 0.3) is 11.6 Å². The van der Waals surface area contributed by atoms with Gasteiger partial charge in [0.1, 0.15) is 30.4 Å². The van der Waals surface area contributed by atoms with Crippen molar-refractivity contribution in [2.24, 2.45) is 0 Å². The molecule has 254 valence electrons. The van der Waals surface area contributed by atoms with Crippen LogP contribution in [0.3, 0.4) is 0 Å². The van der Waals surface area contributed by atoms with Gasteiger partial charge in [0, 0.05) is 5.56 Å². The van der Waals surface area contributed by atoms with E-state index in [2.05, 4.69) is 0 Å². The number of aryl methyl sites for hydroxylation is 4. The molecular weight excluding hydrogens is 731 g/mol. The molecule has 0 N–H and O–H groups in total. The Hall–Kier alpha value is -2.43. The first kappa shape index (κ1) is 43.0. The largest absolute Gasteiger partial charge is 1.00 e. The second kappa shape index (κ2) is 16.7. The average molecular weight is 762 g/mol. The Morgan fingerprint density at radius 2 is 1.10 bits per heavy atom. The van der Waals surface area contributed by atoms with Crippen LogP contribution in [0.5, 0.6) is 0 Å². The molecule has 0 atom stereocenters. The molecule has 0 aromatic heterocycles.